The maximum absolute atomic E-state index is 13.3. The number of nitrogens with one attached hydrogen (secondary N) is 1. The van der Waals surface area contributed by atoms with E-state index in [0.717, 1.165) is 29.8 Å². The predicted molar refractivity (Wildman–Crippen MR) is 90.5 cm³/mol. The summed E-state index contributed by atoms with van der Waals surface area (Å²) in [5, 5.41) is 7.22. The van der Waals surface area contributed by atoms with Gasteiger partial charge in [-0.05, 0) is 44.4 Å². The molecule has 0 amide bonds. The van der Waals surface area contributed by atoms with Crippen molar-refractivity contribution in [1.29, 1.82) is 0 Å². The summed E-state index contributed by atoms with van der Waals surface area (Å²) in [6.45, 7) is 3.72. The van der Waals surface area contributed by atoms with Crippen LogP contribution in [0, 0.1) is 13.0 Å². The smallest absolute Gasteiger partial charge is 0.310 e. The standard InChI is InChI=1S/C18H18FN5O/c1-10-9-15(22-18(19)20-10)21-11(2)12-3-7-14(8-4-12)17-23-16(24-25-17)13-5-6-13/h3-4,7-9,11,13H,5-6H2,1-2H3,(H,20,21,22). The van der Waals surface area contributed by atoms with E-state index in [4.69, 9.17) is 4.52 Å². The molecule has 4 rings (SSSR count). The zero-order valence-electron chi connectivity index (χ0n) is 14.0. The van der Waals surface area contributed by atoms with Crippen molar-refractivity contribution in [2.24, 2.45) is 0 Å². The van der Waals surface area contributed by atoms with Gasteiger partial charge in [-0.2, -0.15) is 14.4 Å². The Hall–Kier alpha value is -2.83. The van der Waals surface area contributed by atoms with E-state index in [0.29, 0.717) is 23.3 Å². The van der Waals surface area contributed by atoms with Gasteiger partial charge in [-0.1, -0.05) is 17.3 Å². The highest BCUT2D eigenvalue weighted by atomic mass is 19.1. The average molecular weight is 339 g/mol. The maximum Gasteiger partial charge on any atom is 0.310 e. The second-order valence-electron chi connectivity index (χ2n) is 6.38. The summed E-state index contributed by atoms with van der Waals surface area (Å²) in [5.41, 5.74) is 2.52. The Morgan fingerprint density at radius 1 is 1.16 bits per heavy atom. The highest BCUT2D eigenvalue weighted by Crippen LogP contribution is 2.38. The molecular weight excluding hydrogens is 321 g/mol. The third-order valence-electron chi connectivity index (χ3n) is 4.23. The number of aromatic nitrogens is 4. The van der Waals surface area contributed by atoms with Crippen molar-refractivity contribution < 1.29 is 8.91 Å². The summed E-state index contributed by atoms with van der Waals surface area (Å²) < 4.78 is 18.6. The van der Waals surface area contributed by atoms with E-state index < -0.39 is 6.08 Å². The van der Waals surface area contributed by atoms with Crippen LogP contribution in [0.2, 0.25) is 0 Å². The Labute approximate surface area is 144 Å². The molecule has 2 aromatic heterocycles. The van der Waals surface area contributed by atoms with Gasteiger partial charge in [-0.25, -0.2) is 4.98 Å². The van der Waals surface area contributed by atoms with Crippen molar-refractivity contribution in [3.8, 4) is 11.5 Å². The molecule has 0 spiro atoms. The van der Waals surface area contributed by atoms with Gasteiger partial charge in [-0.15, -0.1) is 0 Å². The number of halogens is 1. The molecule has 6 nitrogen and oxygen atoms in total. The first-order valence-corrected chi connectivity index (χ1v) is 8.30. The first-order chi connectivity index (χ1) is 12.1. The van der Waals surface area contributed by atoms with E-state index in [2.05, 4.69) is 25.4 Å². The first kappa shape index (κ1) is 15.7. The summed E-state index contributed by atoms with van der Waals surface area (Å²) >= 11 is 0. The van der Waals surface area contributed by atoms with E-state index in [1.807, 2.05) is 31.2 Å². The number of rotatable bonds is 5. The average Bonchev–Trinajstić information content (AvgIpc) is 3.31. The Balaban J connectivity index is 1.48. The highest BCUT2D eigenvalue weighted by Gasteiger charge is 2.28. The molecule has 1 aromatic carbocycles. The van der Waals surface area contributed by atoms with Gasteiger partial charge >= 0.3 is 6.08 Å². The molecule has 0 aliphatic heterocycles. The number of aryl methyl sites for hydroxylation is 1. The van der Waals surface area contributed by atoms with Crippen LogP contribution in [-0.4, -0.2) is 20.1 Å². The summed E-state index contributed by atoms with van der Waals surface area (Å²) in [7, 11) is 0. The van der Waals surface area contributed by atoms with Crippen LogP contribution in [0.5, 0.6) is 0 Å². The van der Waals surface area contributed by atoms with Crippen LogP contribution in [0.4, 0.5) is 10.2 Å². The lowest BCUT2D eigenvalue weighted by Gasteiger charge is -2.15. The zero-order chi connectivity index (χ0) is 17.4. The van der Waals surface area contributed by atoms with Gasteiger partial charge in [0.25, 0.3) is 5.89 Å². The number of anilines is 1. The molecule has 128 valence electrons. The fourth-order valence-electron chi connectivity index (χ4n) is 2.69. The molecule has 1 N–H and O–H groups in total. The van der Waals surface area contributed by atoms with Gasteiger partial charge in [0.05, 0.1) is 0 Å². The largest absolute Gasteiger partial charge is 0.363 e. The monoisotopic (exact) mass is 339 g/mol. The van der Waals surface area contributed by atoms with Crippen molar-refractivity contribution in [3.63, 3.8) is 0 Å². The first-order valence-electron chi connectivity index (χ1n) is 8.30. The van der Waals surface area contributed by atoms with E-state index >= 15 is 0 Å². The van der Waals surface area contributed by atoms with Gasteiger partial charge in [0.15, 0.2) is 5.82 Å². The number of hydrogen-bond acceptors (Lipinski definition) is 6. The van der Waals surface area contributed by atoms with Gasteiger partial charge in [0, 0.05) is 29.3 Å². The molecule has 1 fully saturated rings. The lowest BCUT2D eigenvalue weighted by Crippen LogP contribution is -2.09. The fraction of sp³-hybridized carbons (Fsp3) is 0.333. The summed E-state index contributed by atoms with van der Waals surface area (Å²) in [5.74, 6) is 2.28. The Kier molecular flexibility index (Phi) is 3.91. The Morgan fingerprint density at radius 2 is 1.92 bits per heavy atom. The van der Waals surface area contributed by atoms with Crippen LogP contribution in [0.3, 0.4) is 0 Å². The minimum Gasteiger partial charge on any atom is -0.363 e. The molecule has 1 aliphatic rings. The van der Waals surface area contributed by atoms with E-state index in [1.54, 1.807) is 13.0 Å². The van der Waals surface area contributed by atoms with Crippen molar-refractivity contribution in [2.45, 2.75) is 38.6 Å². The number of nitrogens with zero attached hydrogens (tertiary/aromatic N) is 4. The molecule has 3 aromatic rings. The summed E-state index contributed by atoms with van der Waals surface area (Å²) in [6, 6.07) is 9.54. The van der Waals surface area contributed by atoms with Crippen molar-refractivity contribution in [3.05, 3.63) is 53.5 Å². The molecule has 0 saturated heterocycles. The van der Waals surface area contributed by atoms with Crippen LogP contribution < -0.4 is 5.32 Å². The predicted octanol–water partition coefficient (Wildman–Crippen LogP) is 4.02. The van der Waals surface area contributed by atoms with Crippen LogP contribution in [0.1, 0.15) is 48.8 Å². The van der Waals surface area contributed by atoms with E-state index in [-0.39, 0.29) is 6.04 Å². The molecule has 1 aliphatic carbocycles. The molecule has 0 radical (unpaired) electrons. The van der Waals surface area contributed by atoms with Gasteiger partial charge in [0.2, 0.25) is 0 Å². The topological polar surface area (TPSA) is 76.7 Å². The molecule has 0 bridgehead atoms. The minimum absolute atomic E-state index is 0.0348. The SMILES string of the molecule is Cc1cc(NC(C)c2ccc(-c3nc(C4CC4)no3)cc2)nc(F)n1. The lowest BCUT2D eigenvalue weighted by atomic mass is 10.1. The van der Waals surface area contributed by atoms with Crippen LogP contribution >= 0.6 is 0 Å². The van der Waals surface area contributed by atoms with Gasteiger partial charge < -0.3 is 9.84 Å². The third kappa shape index (κ3) is 3.50. The van der Waals surface area contributed by atoms with Crippen LogP contribution in [0.15, 0.2) is 34.9 Å². The van der Waals surface area contributed by atoms with Gasteiger partial charge in [0.1, 0.15) is 5.82 Å². The van der Waals surface area contributed by atoms with E-state index in [1.165, 1.54) is 0 Å². The molecular formula is C18H18FN5O. The van der Waals surface area contributed by atoms with Crippen LogP contribution in [0.25, 0.3) is 11.5 Å². The maximum atomic E-state index is 13.3. The van der Waals surface area contributed by atoms with Crippen molar-refractivity contribution >= 4 is 5.82 Å². The third-order valence-corrected chi connectivity index (χ3v) is 4.23. The van der Waals surface area contributed by atoms with Gasteiger partial charge in [-0.3, -0.25) is 0 Å². The second kappa shape index (κ2) is 6.23. The quantitative estimate of drug-likeness (QED) is 0.707. The Morgan fingerprint density at radius 3 is 2.60 bits per heavy atom. The minimum atomic E-state index is -0.729. The Bertz CT molecular complexity index is 868. The molecule has 25 heavy (non-hydrogen) atoms. The molecule has 1 atom stereocenters. The highest BCUT2D eigenvalue weighted by molar-refractivity contribution is 5.54. The molecule has 1 saturated carbocycles. The van der Waals surface area contributed by atoms with Crippen molar-refractivity contribution in [2.75, 3.05) is 5.32 Å². The molecule has 1 unspecified atom stereocenters. The molecule has 2 heterocycles. The second-order valence-corrected chi connectivity index (χ2v) is 6.38. The summed E-state index contributed by atoms with van der Waals surface area (Å²) in [4.78, 5) is 11.9. The number of benzene rings is 1. The fourth-order valence-corrected chi connectivity index (χ4v) is 2.69. The van der Waals surface area contributed by atoms with E-state index in [9.17, 15) is 4.39 Å². The molecule has 7 heteroatoms. The summed E-state index contributed by atoms with van der Waals surface area (Å²) in [6.07, 6.45) is 1.56. The van der Waals surface area contributed by atoms with Crippen LogP contribution in [-0.2, 0) is 0 Å². The number of hydrogen-bond donors (Lipinski definition) is 1. The zero-order valence-corrected chi connectivity index (χ0v) is 14.0. The lowest BCUT2D eigenvalue weighted by molar-refractivity contribution is 0.422. The van der Waals surface area contributed by atoms with Crippen molar-refractivity contribution in [1.82, 2.24) is 20.1 Å². The normalized spacial score (nSPS) is 15.2.